The molecular formula is C22H24Cl2N2S2Te. The van der Waals surface area contributed by atoms with Crippen LogP contribution in [0, 0.1) is 0 Å². The molecule has 4 rings (SSSR count). The van der Waals surface area contributed by atoms with Crippen LogP contribution in [0.1, 0.15) is 37.6 Å². The largest absolute Gasteiger partial charge is 1.00 e. The molecule has 7 heteroatoms. The minimum absolute atomic E-state index is 0. The van der Waals surface area contributed by atoms with Crippen molar-refractivity contribution in [3.63, 3.8) is 0 Å². The average Bonchev–Trinajstić information content (AvgIpc) is 3.17. The van der Waals surface area contributed by atoms with Gasteiger partial charge in [-0.3, -0.25) is 0 Å². The Morgan fingerprint density at radius 2 is 2.14 bits per heavy atom. The second-order valence-electron chi connectivity index (χ2n) is 6.87. The first-order valence-electron chi connectivity index (χ1n) is 9.56. The fourth-order valence-corrected chi connectivity index (χ4v) is 9.84. The van der Waals surface area contributed by atoms with E-state index in [9.17, 15) is 0 Å². The number of thioether (sulfide) groups is 1. The summed E-state index contributed by atoms with van der Waals surface area (Å²) >= 11 is 9.86. The summed E-state index contributed by atoms with van der Waals surface area (Å²) in [7, 11) is 0. The molecule has 0 radical (unpaired) electrons. The molecule has 2 aromatic rings. The van der Waals surface area contributed by atoms with Crippen molar-refractivity contribution in [2.24, 2.45) is 0 Å². The molecule has 0 aliphatic carbocycles. The molecule has 1 atom stereocenters. The first kappa shape index (κ1) is 23.3. The first-order valence-corrected chi connectivity index (χ1v) is 14.1. The molecule has 3 heterocycles. The molecule has 1 aromatic heterocycles. The van der Waals surface area contributed by atoms with Crippen LogP contribution in [0.4, 0.5) is 5.69 Å². The summed E-state index contributed by atoms with van der Waals surface area (Å²) in [5.41, 5.74) is 2.51. The van der Waals surface area contributed by atoms with Gasteiger partial charge in [-0.25, -0.2) is 0 Å². The van der Waals surface area contributed by atoms with E-state index in [4.69, 9.17) is 11.6 Å². The predicted octanol–water partition coefficient (Wildman–Crippen LogP) is 2.75. The zero-order valence-electron chi connectivity index (χ0n) is 16.9. The predicted molar refractivity (Wildman–Crippen MR) is 126 cm³/mol. The molecule has 2 nitrogen and oxygen atoms in total. The second kappa shape index (κ2) is 9.81. The molecule has 154 valence electrons. The SMILES string of the molecule is CCN1C(=CC(C)=Cc2sc3c([n+]2CC)[Te]C(C)C=C3)Sc2ccc(Cl)cc21.[Cl-]. The monoisotopic (exact) mass is 580 g/mol. The fourth-order valence-electron chi connectivity index (χ4n) is 3.46. The minimum Gasteiger partial charge on any atom is -1.00 e. The van der Waals surface area contributed by atoms with Gasteiger partial charge in [0.05, 0.1) is 0 Å². The van der Waals surface area contributed by atoms with Gasteiger partial charge >= 0.3 is 192 Å². The summed E-state index contributed by atoms with van der Waals surface area (Å²) in [5, 5.41) is 3.45. The van der Waals surface area contributed by atoms with E-state index in [-0.39, 0.29) is 33.3 Å². The Morgan fingerprint density at radius 1 is 1.34 bits per heavy atom. The Kier molecular flexibility index (Phi) is 7.87. The van der Waals surface area contributed by atoms with Crippen molar-refractivity contribution in [1.29, 1.82) is 0 Å². The molecule has 2 aliphatic rings. The average molecular weight is 579 g/mol. The zero-order chi connectivity index (χ0) is 19.8. The summed E-state index contributed by atoms with van der Waals surface area (Å²) < 4.78 is 4.91. The molecule has 0 N–H and O–H groups in total. The standard InChI is InChI=1S/C22H24ClN2S2Te.ClH/c1-5-24-17-13-16(23)8-10-18(17)26-20(24)11-14(3)12-21-25(6-2)22-19(27-21)9-7-15(4)28-22;/h7-13,15H,5-6H2,1-4H3;1H/q+1;/p-1. The van der Waals surface area contributed by atoms with Crippen molar-refractivity contribution in [2.45, 2.75) is 43.1 Å². The van der Waals surface area contributed by atoms with Crippen LogP contribution in [0.15, 0.2) is 45.8 Å². The van der Waals surface area contributed by atoms with Gasteiger partial charge in [-0.2, -0.15) is 0 Å². The van der Waals surface area contributed by atoms with E-state index in [0.717, 1.165) is 22.1 Å². The maximum atomic E-state index is 6.23. The molecule has 0 fully saturated rings. The van der Waals surface area contributed by atoms with E-state index in [1.54, 1.807) is 3.74 Å². The van der Waals surface area contributed by atoms with Crippen molar-refractivity contribution < 1.29 is 17.0 Å². The van der Waals surface area contributed by atoms with E-state index in [1.165, 1.54) is 31.1 Å². The van der Waals surface area contributed by atoms with E-state index in [0.29, 0.717) is 0 Å². The molecule has 0 spiro atoms. The van der Waals surface area contributed by atoms with Gasteiger partial charge in [0.2, 0.25) is 0 Å². The maximum Gasteiger partial charge on any atom is -1.00 e. The number of aromatic nitrogens is 1. The van der Waals surface area contributed by atoms with Crippen LogP contribution in [-0.2, 0) is 6.54 Å². The van der Waals surface area contributed by atoms with Gasteiger partial charge in [0.15, 0.2) is 0 Å². The smallest absolute Gasteiger partial charge is 1.00 e. The number of hydrogen-bond acceptors (Lipinski definition) is 3. The van der Waals surface area contributed by atoms with Crippen LogP contribution >= 0.6 is 34.7 Å². The first-order chi connectivity index (χ1) is 13.5. The Hall–Kier alpha value is -0.410. The normalized spacial score (nSPS) is 19.3. The minimum atomic E-state index is -0.140. The molecule has 0 saturated carbocycles. The van der Waals surface area contributed by atoms with Gasteiger partial charge in [-0.1, -0.05) is 0 Å². The van der Waals surface area contributed by atoms with Gasteiger partial charge in [0, 0.05) is 0 Å². The fraction of sp³-hybridized carbons (Fsp3) is 0.318. The summed E-state index contributed by atoms with van der Waals surface area (Å²) in [6, 6.07) is 6.18. The number of fused-ring (bicyclic) bond motifs is 2. The topological polar surface area (TPSA) is 7.12 Å². The van der Waals surface area contributed by atoms with Gasteiger partial charge in [-0.15, -0.1) is 0 Å². The number of benzene rings is 1. The molecule has 2 aliphatic heterocycles. The van der Waals surface area contributed by atoms with Crippen molar-refractivity contribution in [3.05, 3.63) is 55.9 Å². The molecule has 0 amide bonds. The summed E-state index contributed by atoms with van der Waals surface area (Å²) in [4.78, 5) is 5.11. The molecule has 0 saturated heterocycles. The quantitative estimate of drug-likeness (QED) is 0.407. The van der Waals surface area contributed by atoms with Gasteiger partial charge in [0.1, 0.15) is 0 Å². The van der Waals surface area contributed by atoms with E-state index in [1.807, 2.05) is 29.2 Å². The third kappa shape index (κ3) is 4.76. The van der Waals surface area contributed by atoms with Crippen LogP contribution in [0.2, 0.25) is 8.99 Å². The Labute approximate surface area is 203 Å². The van der Waals surface area contributed by atoms with Crippen LogP contribution < -0.4 is 25.6 Å². The van der Waals surface area contributed by atoms with Crippen LogP contribution in [-0.4, -0.2) is 27.5 Å². The van der Waals surface area contributed by atoms with Crippen LogP contribution in [0.25, 0.3) is 12.2 Å². The van der Waals surface area contributed by atoms with Gasteiger partial charge in [0.25, 0.3) is 0 Å². The van der Waals surface area contributed by atoms with E-state index in [2.05, 4.69) is 73.6 Å². The number of anilines is 1. The molecule has 1 aromatic carbocycles. The Bertz CT molecular complexity index is 1010. The van der Waals surface area contributed by atoms with Crippen LogP contribution in [0.5, 0.6) is 0 Å². The number of allylic oxidation sites excluding steroid dienone is 3. The van der Waals surface area contributed by atoms with E-state index >= 15 is 0 Å². The Balaban J connectivity index is 0.00000240. The number of nitrogens with zero attached hydrogens (tertiary/aromatic N) is 2. The number of halogens is 2. The van der Waals surface area contributed by atoms with Gasteiger partial charge in [-0.05, 0) is 0 Å². The van der Waals surface area contributed by atoms with Crippen molar-refractivity contribution in [3.8, 4) is 0 Å². The molecule has 0 bridgehead atoms. The third-order valence-corrected chi connectivity index (χ3v) is 11.0. The van der Waals surface area contributed by atoms with Crippen molar-refractivity contribution >= 4 is 77.2 Å². The van der Waals surface area contributed by atoms with Crippen molar-refractivity contribution in [2.75, 3.05) is 11.4 Å². The van der Waals surface area contributed by atoms with Crippen molar-refractivity contribution in [1.82, 2.24) is 0 Å². The van der Waals surface area contributed by atoms with Gasteiger partial charge < -0.3 is 12.4 Å². The maximum absolute atomic E-state index is 6.23. The molecule has 29 heavy (non-hydrogen) atoms. The Morgan fingerprint density at radius 3 is 2.86 bits per heavy atom. The second-order valence-corrected chi connectivity index (χ2v) is 13.3. The van der Waals surface area contributed by atoms with Crippen LogP contribution in [0.3, 0.4) is 0 Å². The summed E-state index contributed by atoms with van der Waals surface area (Å²) in [6.07, 6.45) is 9.40. The molecular weight excluding hydrogens is 555 g/mol. The number of rotatable bonds is 4. The third-order valence-electron chi connectivity index (χ3n) is 4.78. The number of thiazole rings is 1. The van der Waals surface area contributed by atoms with E-state index < -0.39 is 0 Å². The zero-order valence-corrected chi connectivity index (χ0v) is 22.4. The summed E-state index contributed by atoms with van der Waals surface area (Å²) in [5.74, 6) is 0. The number of hydrogen-bond donors (Lipinski definition) is 0. The summed E-state index contributed by atoms with van der Waals surface area (Å²) in [6.45, 7) is 11.0. The molecule has 1 unspecified atom stereocenters.